The molecule has 65 valence electrons. The van der Waals surface area contributed by atoms with Gasteiger partial charge in [-0.25, -0.2) is 13.4 Å². The lowest BCUT2D eigenvalue weighted by Crippen LogP contribution is -1.97. The van der Waals surface area contributed by atoms with Crippen molar-refractivity contribution in [1.82, 2.24) is 4.98 Å². The first-order valence-corrected chi connectivity index (χ1v) is 6.95. The second-order valence-electron chi connectivity index (χ2n) is 2.45. The summed E-state index contributed by atoms with van der Waals surface area (Å²) < 4.78 is 23.1. The number of para-hydroxylation sites is 1. The summed E-state index contributed by atoms with van der Waals surface area (Å²) in [6, 6.07) is 7.30. The lowest BCUT2D eigenvalue weighted by Gasteiger charge is -1.85. The summed E-state index contributed by atoms with van der Waals surface area (Å²) in [5, 5.41) is 0. The number of fused-ring (bicyclic) bond motifs is 1. The van der Waals surface area contributed by atoms with Crippen molar-refractivity contribution in [3.05, 3.63) is 24.3 Å². The fourth-order valence-electron chi connectivity index (χ4n) is 0.966. The van der Waals surface area contributed by atoms with Crippen LogP contribution >= 0.6 is 11.3 Å². The van der Waals surface area contributed by atoms with Gasteiger partial charge in [0.25, 0.3) is 0 Å². The van der Waals surface area contributed by atoms with Crippen molar-refractivity contribution < 1.29 is 8.42 Å². The molecular formula is C7H4NO2S2Si. The van der Waals surface area contributed by atoms with E-state index in [0.717, 1.165) is 16.0 Å². The Morgan fingerprint density at radius 1 is 1.31 bits per heavy atom. The Bertz CT molecular complexity index is 513. The van der Waals surface area contributed by atoms with E-state index in [-0.39, 0.29) is 4.34 Å². The van der Waals surface area contributed by atoms with Gasteiger partial charge in [0.15, 0.2) is 9.29 Å². The molecule has 3 nitrogen and oxygen atoms in total. The van der Waals surface area contributed by atoms with Crippen molar-refractivity contribution in [3.63, 3.8) is 0 Å². The molecule has 3 radical (unpaired) electrons. The van der Waals surface area contributed by atoms with Crippen molar-refractivity contribution in [3.8, 4) is 0 Å². The molecular weight excluding hydrogens is 222 g/mol. The van der Waals surface area contributed by atoms with Crippen LogP contribution in [0.4, 0.5) is 0 Å². The molecule has 0 saturated carbocycles. The van der Waals surface area contributed by atoms with Crippen molar-refractivity contribution in [2.24, 2.45) is 0 Å². The van der Waals surface area contributed by atoms with Crippen LogP contribution in [0.3, 0.4) is 0 Å². The maximum atomic E-state index is 11.1. The minimum Gasteiger partial charge on any atom is -0.230 e. The molecule has 0 amide bonds. The Morgan fingerprint density at radius 2 is 2.00 bits per heavy atom. The van der Waals surface area contributed by atoms with Crippen LogP contribution in [0.5, 0.6) is 0 Å². The quantitative estimate of drug-likeness (QED) is 0.685. The second kappa shape index (κ2) is 2.90. The third-order valence-corrected chi connectivity index (χ3v) is 4.82. The van der Waals surface area contributed by atoms with E-state index in [0.29, 0.717) is 5.52 Å². The molecule has 6 heteroatoms. The van der Waals surface area contributed by atoms with Gasteiger partial charge < -0.3 is 0 Å². The lowest BCUT2D eigenvalue weighted by atomic mass is 10.3. The highest BCUT2D eigenvalue weighted by Crippen LogP contribution is 2.24. The summed E-state index contributed by atoms with van der Waals surface area (Å²) >= 11 is 1.16. The van der Waals surface area contributed by atoms with Gasteiger partial charge in [-0.2, -0.15) is 0 Å². The Balaban J connectivity index is 2.77. The van der Waals surface area contributed by atoms with Crippen LogP contribution in [-0.2, 0) is 9.29 Å². The van der Waals surface area contributed by atoms with Gasteiger partial charge in [-0.15, -0.1) is 11.3 Å². The zero-order valence-corrected chi connectivity index (χ0v) is 9.02. The van der Waals surface area contributed by atoms with Crippen LogP contribution in [0.15, 0.2) is 28.6 Å². The fourth-order valence-corrected chi connectivity index (χ4v) is 3.10. The number of thiazole rings is 1. The SMILES string of the molecule is O=S(=O)([Si])c1nc2ccccc2s1. The predicted octanol–water partition coefficient (Wildman–Crippen LogP) is 1.15. The van der Waals surface area contributed by atoms with E-state index in [9.17, 15) is 8.42 Å². The molecule has 0 spiro atoms. The van der Waals surface area contributed by atoms with Gasteiger partial charge in [-0.1, -0.05) is 12.1 Å². The number of hydrogen-bond acceptors (Lipinski definition) is 4. The van der Waals surface area contributed by atoms with Gasteiger partial charge >= 0.3 is 0 Å². The molecule has 0 N–H and O–H groups in total. The van der Waals surface area contributed by atoms with Gasteiger partial charge in [0.2, 0.25) is 13.7 Å². The fraction of sp³-hybridized carbons (Fsp3) is 0. The van der Waals surface area contributed by atoms with Crippen molar-refractivity contribution in [2.75, 3.05) is 0 Å². The normalized spacial score (nSPS) is 12.1. The highest BCUT2D eigenvalue weighted by molar-refractivity contribution is 8.13. The predicted molar refractivity (Wildman–Crippen MR) is 52.6 cm³/mol. The zero-order chi connectivity index (χ0) is 9.47. The summed E-state index contributed by atoms with van der Waals surface area (Å²) in [5.41, 5.74) is 0.712. The third kappa shape index (κ3) is 1.65. The highest BCUT2D eigenvalue weighted by atomic mass is 32.4. The summed E-state index contributed by atoms with van der Waals surface area (Å²) in [6.07, 6.45) is 0. The molecule has 2 rings (SSSR count). The number of hydrogen-bond donors (Lipinski definition) is 0. The average Bonchev–Trinajstić information content (AvgIpc) is 2.45. The number of benzene rings is 1. The van der Waals surface area contributed by atoms with Crippen LogP contribution in [0.2, 0.25) is 0 Å². The first kappa shape index (κ1) is 8.86. The average molecular weight is 226 g/mol. The van der Waals surface area contributed by atoms with E-state index in [4.69, 9.17) is 0 Å². The van der Waals surface area contributed by atoms with Gasteiger partial charge in [0.05, 0.1) is 10.2 Å². The van der Waals surface area contributed by atoms with E-state index in [1.165, 1.54) is 0 Å². The Labute approximate surface area is 82.4 Å². The summed E-state index contributed by atoms with van der Waals surface area (Å²) in [4.78, 5) is 3.97. The molecule has 13 heavy (non-hydrogen) atoms. The van der Waals surface area contributed by atoms with Crippen LogP contribution < -0.4 is 0 Å². The van der Waals surface area contributed by atoms with Gasteiger partial charge in [0, 0.05) is 0 Å². The standard InChI is InChI=1S/C7H4NO2S2Si/c9-12(10,13)7-8-5-3-1-2-4-6(5)11-7/h1-4H. The number of nitrogens with zero attached hydrogens (tertiary/aromatic N) is 1. The number of aromatic nitrogens is 1. The topological polar surface area (TPSA) is 47.0 Å². The molecule has 0 aliphatic rings. The van der Waals surface area contributed by atoms with Crippen LogP contribution in [0.25, 0.3) is 10.2 Å². The largest absolute Gasteiger partial charge is 0.230 e. The maximum Gasteiger partial charge on any atom is 0.224 e. The van der Waals surface area contributed by atoms with E-state index in [2.05, 4.69) is 14.4 Å². The molecule has 0 aliphatic heterocycles. The highest BCUT2D eigenvalue weighted by Gasteiger charge is 2.12. The van der Waals surface area contributed by atoms with Crippen molar-refractivity contribution in [2.45, 2.75) is 4.34 Å². The third-order valence-electron chi connectivity index (χ3n) is 1.50. The smallest absolute Gasteiger partial charge is 0.224 e. The zero-order valence-electron chi connectivity index (χ0n) is 6.39. The molecule has 0 bridgehead atoms. The molecule has 0 unspecified atom stereocenters. The van der Waals surface area contributed by atoms with E-state index in [1.807, 2.05) is 18.2 Å². The Morgan fingerprint density at radius 3 is 2.62 bits per heavy atom. The van der Waals surface area contributed by atoms with Crippen molar-refractivity contribution in [1.29, 1.82) is 0 Å². The van der Waals surface area contributed by atoms with Gasteiger partial charge in [-0.05, 0) is 12.1 Å². The van der Waals surface area contributed by atoms with Crippen LogP contribution in [0, 0.1) is 0 Å². The molecule has 1 heterocycles. The summed E-state index contributed by atoms with van der Waals surface area (Å²) in [5.74, 6) is 0. The second-order valence-corrected chi connectivity index (χ2v) is 6.75. The first-order chi connectivity index (χ1) is 6.07. The molecule has 0 atom stereocenters. The first-order valence-electron chi connectivity index (χ1n) is 3.42. The monoisotopic (exact) mass is 226 g/mol. The number of rotatable bonds is 1. The summed E-state index contributed by atoms with van der Waals surface area (Å²) in [7, 11) is -0.714. The molecule has 0 saturated heterocycles. The Kier molecular flexibility index (Phi) is 1.97. The lowest BCUT2D eigenvalue weighted by molar-refractivity contribution is 0.609. The van der Waals surface area contributed by atoms with Crippen LogP contribution in [-0.4, -0.2) is 22.8 Å². The minimum absolute atomic E-state index is 0.102. The van der Waals surface area contributed by atoms with E-state index < -0.39 is 9.29 Å². The Hall–Kier alpha value is -0.723. The van der Waals surface area contributed by atoms with Crippen molar-refractivity contribution >= 4 is 40.2 Å². The molecule has 1 aromatic carbocycles. The molecule has 1 aromatic heterocycles. The minimum atomic E-state index is -3.35. The molecule has 0 fully saturated rings. The maximum absolute atomic E-state index is 11.1. The molecule has 0 aliphatic carbocycles. The molecule has 2 aromatic rings. The van der Waals surface area contributed by atoms with Gasteiger partial charge in [0.1, 0.15) is 0 Å². The van der Waals surface area contributed by atoms with E-state index >= 15 is 0 Å². The van der Waals surface area contributed by atoms with Gasteiger partial charge in [-0.3, -0.25) is 0 Å². The summed E-state index contributed by atoms with van der Waals surface area (Å²) in [6.45, 7) is 0. The van der Waals surface area contributed by atoms with Crippen LogP contribution in [0.1, 0.15) is 0 Å². The van der Waals surface area contributed by atoms with E-state index in [1.54, 1.807) is 6.07 Å².